The van der Waals surface area contributed by atoms with Crippen molar-refractivity contribution in [2.75, 3.05) is 13.6 Å². The molecular weight excluding hydrogens is 252 g/mol. The maximum atomic E-state index is 11.9. The highest BCUT2D eigenvalue weighted by atomic mass is 35.5. The van der Waals surface area contributed by atoms with E-state index in [1.165, 1.54) is 25.2 Å². The van der Waals surface area contributed by atoms with Gasteiger partial charge < -0.3 is 5.73 Å². The summed E-state index contributed by atoms with van der Waals surface area (Å²) in [4.78, 5) is 10.7. The van der Waals surface area contributed by atoms with E-state index < -0.39 is 15.9 Å². The second-order valence-electron chi connectivity index (χ2n) is 3.18. The fraction of sp³-hybridized carbons (Fsp3) is 0.222. The van der Waals surface area contributed by atoms with Crippen molar-refractivity contribution in [2.24, 2.45) is 5.73 Å². The van der Waals surface area contributed by atoms with E-state index in [0.29, 0.717) is 5.02 Å². The lowest BCUT2D eigenvalue weighted by Gasteiger charge is -2.15. The molecule has 0 radical (unpaired) electrons. The normalized spacial score (nSPS) is 11.7. The number of rotatable bonds is 4. The van der Waals surface area contributed by atoms with E-state index in [0.717, 1.165) is 4.31 Å². The van der Waals surface area contributed by atoms with Crippen molar-refractivity contribution in [1.82, 2.24) is 4.31 Å². The summed E-state index contributed by atoms with van der Waals surface area (Å²) in [5.41, 5.74) is 4.93. The van der Waals surface area contributed by atoms with Gasteiger partial charge in [0.25, 0.3) is 0 Å². The van der Waals surface area contributed by atoms with E-state index in [2.05, 4.69) is 0 Å². The van der Waals surface area contributed by atoms with Crippen LogP contribution in [0.15, 0.2) is 29.2 Å². The zero-order valence-corrected chi connectivity index (χ0v) is 10.1. The number of hydrogen-bond acceptors (Lipinski definition) is 3. The molecule has 1 aromatic rings. The number of hydrogen-bond donors (Lipinski definition) is 1. The molecule has 0 bridgehead atoms. The molecule has 16 heavy (non-hydrogen) atoms. The van der Waals surface area contributed by atoms with Gasteiger partial charge in [0.15, 0.2) is 0 Å². The second-order valence-corrected chi connectivity index (χ2v) is 5.67. The molecule has 0 aliphatic heterocycles. The minimum absolute atomic E-state index is 0.0313. The maximum Gasteiger partial charge on any atom is 0.243 e. The monoisotopic (exact) mass is 262 g/mol. The molecule has 0 spiro atoms. The third kappa shape index (κ3) is 2.94. The number of amides is 1. The Morgan fingerprint density at radius 3 is 2.62 bits per heavy atom. The summed E-state index contributed by atoms with van der Waals surface area (Å²) in [5.74, 6) is -0.715. The summed E-state index contributed by atoms with van der Waals surface area (Å²) < 4.78 is 24.6. The Bertz CT molecular complexity index is 501. The number of benzene rings is 1. The minimum Gasteiger partial charge on any atom is -0.369 e. The first-order chi connectivity index (χ1) is 7.34. The highest BCUT2D eigenvalue weighted by molar-refractivity contribution is 7.89. The van der Waals surface area contributed by atoms with Gasteiger partial charge in [-0.2, -0.15) is 4.31 Å². The van der Waals surface area contributed by atoms with Crippen LogP contribution in [0.25, 0.3) is 0 Å². The number of primary amides is 1. The van der Waals surface area contributed by atoms with Gasteiger partial charge in [0.2, 0.25) is 15.9 Å². The molecule has 7 heteroatoms. The van der Waals surface area contributed by atoms with Gasteiger partial charge in [-0.1, -0.05) is 17.7 Å². The van der Waals surface area contributed by atoms with Crippen LogP contribution in [0.1, 0.15) is 0 Å². The highest BCUT2D eigenvalue weighted by Crippen LogP contribution is 2.18. The van der Waals surface area contributed by atoms with E-state index in [1.54, 1.807) is 6.07 Å². The van der Waals surface area contributed by atoms with Gasteiger partial charge >= 0.3 is 0 Å². The Balaban J connectivity index is 3.07. The Morgan fingerprint density at radius 1 is 1.50 bits per heavy atom. The van der Waals surface area contributed by atoms with Crippen molar-refractivity contribution in [3.8, 4) is 0 Å². The predicted molar refractivity (Wildman–Crippen MR) is 60.5 cm³/mol. The van der Waals surface area contributed by atoms with Gasteiger partial charge in [0.1, 0.15) is 0 Å². The molecule has 5 nitrogen and oxygen atoms in total. The topological polar surface area (TPSA) is 80.5 Å². The quantitative estimate of drug-likeness (QED) is 0.855. The third-order valence-electron chi connectivity index (χ3n) is 1.88. The molecule has 1 amide bonds. The summed E-state index contributed by atoms with van der Waals surface area (Å²) in [7, 11) is -2.43. The number of carbonyl (C=O) groups is 1. The predicted octanol–water partition coefficient (Wildman–Crippen LogP) is 0.446. The number of halogens is 1. The van der Waals surface area contributed by atoms with Crippen LogP contribution in [0.2, 0.25) is 5.02 Å². The molecule has 0 heterocycles. The molecule has 88 valence electrons. The molecule has 0 fully saturated rings. The van der Waals surface area contributed by atoms with Crippen molar-refractivity contribution in [1.29, 1.82) is 0 Å². The Kier molecular flexibility index (Phi) is 3.90. The Labute approximate surface area is 98.9 Å². The molecule has 1 aromatic carbocycles. The molecule has 0 aliphatic carbocycles. The summed E-state index contributed by atoms with van der Waals surface area (Å²) in [6, 6.07) is 5.80. The van der Waals surface area contributed by atoms with Crippen LogP contribution in [0.3, 0.4) is 0 Å². The van der Waals surface area contributed by atoms with Crippen LogP contribution in [0, 0.1) is 0 Å². The Hall–Kier alpha value is -1.11. The molecule has 0 unspecified atom stereocenters. The average Bonchev–Trinajstić information content (AvgIpc) is 2.16. The fourth-order valence-corrected chi connectivity index (χ4v) is 2.55. The van der Waals surface area contributed by atoms with Gasteiger partial charge in [-0.15, -0.1) is 0 Å². The van der Waals surface area contributed by atoms with Crippen molar-refractivity contribution < 1.29 is 13.2 Å². The first-order valence-corrected chi connectivity index (χ1v) is 6.16. The van der Waals surface area contributed by atoms with Crippen molar-refractivity contribution >= 4 is 27.5 Å². The van der Waals surface area contributed by atoms with E-state index in [1.807, 2.05) is 0 Å². The van der Waals surface area contributed by atoms with Crippen molar-refractivity contribution in [3.63, 3.8) is 0 Å². The van der Waals surface area contributed by atoms with Gasteiger partial charge in [-0.3, -0.25) is 4.79 Å². The zero-order valence-electron chi connectivity index (χ0n) is 8.55. The first kappa shape index (κ1) is 13.0. The molecule has 0 aromatic heterocycles. The standard InChI is InChI=1S/C9H11ClN2O3S/c1-12(6-9(11)13)16(14,15)8-4-2-3-7(10)5-8/h2-5H,6H2,1H3,(H2,11,13). The van der Waals surface area contributed by atoms with Gasteiger partial charge in [-0.25, -0.2) is 8.42 Å². The Morgan fingerprint density at radius 2 is 2.12 bits per heavy atom. The second kappa shape index (κ2) is 4.82. The van der Waals surface area contributed by atoms with Crippen LogP contribution in [-0.2, 0) is 14.8 Å². The third-order valence-corrected chi connectivity index (χ3v) is 3.92. The lowest BCUT2D eigenvalue weighted by Crippen LogP contribution is -2.35. The maximum absolute atomic E-state index is 11.9. The van der Waals surface area contributed by atoms with E-state index in [9.17, 15) is 13.2 Å². The molecule has 0 saturated heterocycles. The molecule has 0 atom stereocenters. The van der Waals surface area contributed by atoms with E-state index in [-0.39, 0.29) is 11.4 Å². The lowest BCUT2D eigenvalue weighted by molar-refractivity contribution is -0.118. The molecule has 0 aliphatic rings. The number of carbonyl (C=O) groups excluding carboxylic acids is 1. The minimum atomic E-state index is -3.71. The lowest BCUT2D eigenvalue weighted by atomic mass is 10.4. The molecule has 0 saturated carbocycles. The fourth-order valence-electron chi connectivity index (χ4n) is 1.11. The van der Waals surface area contributed by atoms with Crippen molar-refractivity contribution in [3.05, 3.63) is 29.3 Å². The number of likely N-dealkylation sites (N-methyl/N-ethyl adjacent to an activating group) is 1. The first-order valence-electron chi connectivity index (χ1n) is 4.34. The number of nitrogens with zero attached hydrogens (tertiary/aromatic N) is 1. The SMILES string of the molecule is CN(CC(N)=O)S(=O)(=O)c1cccc(Cl)c1. The van der Waals surface area contributed by atoms with Gasteiger partial charge in [-0.05, 0) is 18.2 Å². The summed E-state index contributed by atoms with van der Waals surface area (Å²) in [5, 5.41) is 0.313. The van der Waals surface area contributed by atoms with Crippen LogP contribution >= 0.6 is 11.6 Å². The van der Waals surface area contributed by atoms with Crippen LogP contribution in [-0.4, -0.2) is 32.2 Å². The van der Waals surface area contributed by atoms with E-state index >= 15 is 0 Å². The van der Waals surface area contributed by atoms with Crippen LogP contribution < -0.4 is 5.73 Å². The smallest absolute Gasteiger partial charge is 0.243 e. The van der Waals surface area contributed by atoms with Crippen molar-refractivity contribution in [2.45, 2.75) is 4.90 Å². The van der Waals surface area contributed by atoms with E-state index in [4.69, 9.17) is 17.3 Å². The average molecular weight is 263 g/mol. The number of sulfonamides is 1. The molecule has 2 N–H and O–H groups in total. The summed E-state index contributed by atoms with van der Waals surface area (Å²) in [6.45, 7) is -0.366. The van der Waals surface area contributed by atoms with Crippen LogP contribution in [0.5, 0.6) is 0 Å². The largest absolute Gasteiger partial charge is 0.369 e. The van der Waals surface area contributed by atoms with Gasteiger partial charge in [0, 0.05) is 12.1 Å². The highest BCUT2D eigenvalue weighted by Gasteiger charge is 2.21. The summed E-state index contributed by atoms with van der Waals surface area (Å²) in [6.07, 6.45) is 0. The molecular formula is C9H11ClN2O3S. The van der Waals surface area contributed by atoms with Crippen LogP contribution in [0.4, 0.5) is 0 Å². The molecule has 1 rings (SSSR count). The van der Waals surface area contributed by atoms with Gasteiger partial charge in [0.05, 0.1) is 11.4 Å². The summed E-state index contributed by atoms with van der Waals surface area (Å²) >= 11 is 5.69. The zero-order chi connectivity index (χ0) is 12.3. The number of nitrogens with two attached hydrogens (primary N) is 1.